The van der Waals surface area contributed by atoms with Gasteiger partial charge in [-0.25, -0.2) is 0 Å². The molecule has 0 bridgehead atoms. The summed E-state index contributed by atoms with van der Waals surface area (Å²) in [6.45, 7) is 12.4. The number of fused-ring (bicyclic) bond motifs is 1. The molecule has 4 atom stereocenters. The maximum atomic E-state index is 14.1. The van der Waals surface area contributed by atoms with Crippen LogP contribution in [-0.2, 0) is 34.8 Å². The molecule has 2 saturated heterocycles. The first-order valence-electron chi connectivity index (χ1n) is 20.5. The van der Waals surface area contributed by atoms with E-state index in [1.54, 1.807) is 11.0 Å². The molecule has 11 heteroatoms. The van der Waals surface area contributed by atoms with Crippen molar-refractivity contribution in [2.45, 2.75) is 128 Å². The molecule has 2 aliphatic rings. The minimum absolute atomic E-state index is 0.0606. The smallest absolute Gasteiger partial charge is 0.262 e. The highest BCUT2D eigenvalue weighted by atomic mass is 28.4. The minimum Gasteiger partial charge on any atom is -0.398 e. The van der Waals surface area contributed by atoms with E-state index in [0.717, 1.165) is 15.9 Å². The van der Waals surface area contributed by atoms with Crippen LogP contribution in [-0.4, -0.2) is 78.9 Å². The van der Waals surface area contributed by atoms with Gasteiger partial charge in [-0.3, -0.25) is 24.0 Å². The van der Waals surface area contributed by atoms with Gasteiger partial charge >= 0.3 is 0 Å². The van der Waals surface area contributed by atoms with Crippen molar-refractivity contribution >= 4 is 48.1 Å². The number of hydrogen-bond acceptors (Lipinski definition) is 6. The first kappa shape index (κ1) is 43.3. The van der Waals surface area contributed by atoms with Crippen LogP contribution < -0.4 is 26.3 Å². The Balaban J connectivity index is 1.30. The first-order valence-corrected chi connectivity index (χ1v) is 22.4. The third-order valence-corrected chi connectivity index (χ3v) is 16.8. The van der Waals surface area contributed by atoms with Gasteiger partial charge in [0.15, 0.2) is 5.78 Å². The monoisotopic (exact) mass is 792 g/mol. The third kappa shape index (κ3) is 9.81. The number of nitrogens with zero attached hydrogens (tertiary/aromatic N) is 1. The SMILES string of the molecule is CCC1(CC)NC(=O)[C@H](CCC=CCC(=O)[C@@H](C)O[Si](c2ccccc2)(c2ccccc2)C(C)(C)C)NC(=O)[C@H]2CCCN2C(=O)[C@H](Cc2ccccc2)NC1=O. The number of Topliss-reactive ketones (excluding diaryl/α,β-unsaturated/α-hetero) is 1. The maximum Gasteiger partial charge on any atom is 0.262 e. The Morgan fingerprint density at radius 1 is 0.842 bits per heavy atom. The molecule has 2 fully saturated rings. The number of nitrogens with one attached hydrogen (secondary N) is 3. The van der Waals surface area contributed by atoms with Crippen molar-refractivity contribution < 1.29 is 28.4 Å². The van der Waals surface area contributed by atoms with Crippen LogP contribution in [0.25, 0.3) is 0 Å². The van der Waals surface area contributed by atoms with Gasteiger partial charge in [-0.15, -0.1) is 0 Å². The molecule has 3 aromatic carbocycles. The van der Waals surface area contributed by atoms with Gasteiger partial charge in [0.2, 0.25) is 23.6 Å². The van der Waals surface area contributed by atoms with Crippen LogP contribution in [0, 0.1) is 0 Å². The van der Waals surface area contributed by atoms with Gasteiger partial charge in [-0.2, -0.15) is 0 Å². The van der Waals surface area contributed by atoms with Gasteiger partial charge in [-0.05, 0) is 66.4 Å². The highest BCUT2D eigenvalue weighted by Crippen LogP contribution is 2.37. The van der Waals surface area contributed by atoms with E-state index in [1.165, 1.54) is 0 Å². The molecule has 0 unspecified atom stereocenters. The fourth-order valence-corrected chi connectivity index (χ4v) is 13.0. The zero-order valence-electron chi connectivity index (χ0n) is 34.4. The van der Waals surface area contributed by atoms with Crippen LogP contribution in [0.5, 0.6) is 0 Å². The Hall–Kier alpha value is -4.87. The average Bonchev–Trinajstić information content (AvgIpc) is 3.71. The molecule has 2 aliphatic heterocycles. The third-order valence-electron chi connectivity index (χ3n) is 11.7. The summed E-state index contributed by atoms with van der Waals surface area (Å²) in [6.07, 6.45) is 5.66. The topological polar surface area (TPSA) is 134 Å². The van der Waals surface area contributed by atoms with Crippen LogP contribution in [0.2, 0.25) is 5.04 Å². The zero-order valence-corrected chi connectivity index (χ0v) is 35.4. The lowest BCUT2D eigenvalue weighted by atomic mass is 9.89. The van der Waals surface area contributed by atoms with Crippen LogP contribution >= 0.6 is 0 Å². The van der Waals surface area contributed by atoms with Crippen LogP contribution in [0.3, 0.4) is 0 Å². The predicted molar refractivity (Wildman–Crippen MR) is 226 cm³/mol. The van der Waals surface area contributed by atoms with E-state index in [1.807, 2.05) is 93.6 Å². The Morgan fingerprint density at radius 3 is 1.98 bits per heavy atom. The largest absolute Gasteiger partial charge is 0.398 e. The molecule has 5 rings (SSSR count). The lowest BCUT2D eigenvalue weighted by molar-refractivity contribution is -0.145. The number of amides is 4. The highest BCUT2D eigenvalue weighted by molar-refractivity contribution is 6.99. The van der Waals surface area contributed by atoms with Crippen molar-refractivity contribution in [1.29, 1.82) is 0 Å². The molecule has 0 saturated carbocycles. The Morgan fingerprint density at radius 2 is 1.42 bits per heavy atom. The van der Waals surface area contributed by atoms with Gasteiger partial charge in [0, 0.05) is 19.4 Å². The Labute approximate surface area is 339 Å². The highest BCUT2D eigenvalue weighted by Gasteiger charge is 2.51. The average molecular weight is 793 g/mol. The number of benzene rings is 3. The summed E-state index contributed by atoms with van der Waals surface area (Å²) >= 11 is 0. The number of rotatable bonds is 14. The fraction of sp³-hybridized carbons (Fsp3) is 0.457. The fourth-order valence-electron chi connectivity index (χ4n) is 8.28. The standard InChI is InChI=1S/C46H60N4O6Si/c1-7-46(8-2)44(55)48-38(32-34-22-13-9-14-23-34)43(54)50-31-21-29-39(50)42(53)47-37(41(52)49-46)28-19-12-20-30-40(51)33(3)56-57(45(4,5)6,35-24-15-10-16-25-35)36-26-17-11-18-27-36/h9-18,20,22-27,33,37-39H,7-8,19,21,28-32H2,1-6H3,(H,47,53)(H,48,55)(H,49,52)/t33-,37+,38+,39-/m1/s1. The summed E-state index contributed by atoms with van der Waals surface area (Å²) < 4.78 is 7.00. The van der Waals surface area contributed by atoms with E-state index >= 15 is 0 Å². The summed E-state index contributed by atoms with van der Waals surface area (Å²) in [5.74, 6) is -1.65. The van der Waals surface area contributed by atoms with Crippen molar-refractivity contribution in [2.24, 2.45) is 0 Å². The van der Waals surface area contributed by atoms with Gasteiger partial charge in [0.25, 0.3) is 8.32 Å². The van der Waals surface area contributed by atoms with Crippen molar-refractivity contribution in [3.8, 4) is 0 Å². The molecular formula is C46H60N4O6Si. The van der Waals surface area contributed by atoms with Crippen molar-refractivity contribution in [3.05, 3.63) is 109 Å². The second-order valence-corrected chi connectivity index (χ2v) is 20.6. The normalized spacial score (nSPS) is 21.2. The van der Waals surface area contributed by atoms with E-state index < -0.39 is 55.8 Å². The molecule has 0 spiro atoms. The summed E-state index contributed by atoms with van der Waals surface area (Å²) in [5, 5.41) is 10.8. The molecule has 0 aromatic heterocycles. The van der Waals surface area contributed by atoms with Gasteiger partial charge in [0.05, 0.1) is 0 Å². The van der Waals surface area contributed by atoms with Crippen molar-refractivity contribution in [3.63, 3.8) is 0 Å². The van der Waals surface area contributed by atoms with E-state index in [9.17, 15) is 24.0 Å². The van der Waals surface area contributed by atoms with E-state index in [0.29, 0.717) is 25.8 Å². The van der Waals surface area contributed by atoms with E-state index in [-0.39, 0.29) is 48.8 Å². The molecule has 3 N–H and O–H groups in total. The van der Waals surface area contributed by atoms with Crippen LogP contribution in [0.4, 0.5) is 0 Å². The lowest BCUT2D eigenvalue weighted by Gasteiger charge is -2.44. The zero-order chi connectivity index (χ0) is 41.2. The van der Waals surface area contributed by atoms with Crippen LogP contribution in [0.15, 0.2) is 103 Å². The summed E-state index contributed by atoms with van der Waals surface area (Å²) in [4.78, 5) is 71.2. The summed E-state index contributed by atoms with van der Waals surface area (Å²) in [5.41, 5.74) is -0.412. The molecule has 0 radical (unpaired) electrons. The number of carbonyl (C=O) groups is 5. The van der Waals surface area contributed by atoms with Crippen molar-refractivity contribution in [1.82, 2.24) is 20.9 Å². The summed E-state index contributed by atoms with van der Waals surface area (Å²) in [7, 11) is -2.93. The Kier molecular flexibility index (Phi) is 14.5. The van der Waals surface area contributed by atoms with Gasteiger partial charge in [0.1, 0.15) is 29.8 Å². The first-order chi connectivity index (χ1) is 27.3. The van der Waals surface area contributed by atoms with Crippen LogP contribution in [0.1, 0.15) is 92.1 Å². The molecule has 304 valence electrons. The predicted octanol–water partition coefficient (Wildman–Crippen LogP) is 5.14. The molecule has 4 amide bonds. The summed E-state index contributed by atoms with van der Waals surface area (Å²) in [6, 6.07) is 27.3. The molecule has 3 aromatic rings. The molecule has 2 heterocycles. The quantitative estimate of drug-likeness (QED) is 0.153. The lowest BCUT2D eigenvalue weighted by Crippen LogP contribution is -2.68. The molecule has 10 nitrogen and oxygen atoms in total. The van der Waals surface area contributed by atoms with Gasteiger partial charge in [-0.1, -0.05) is 138 Å². The van der Waals surface area contributed by atoms with Gasteiger partial charge < -0.3 is 25.3 Å². The van der Waals surface area contributed by atoms with E-state index in [2.05, 4.69) is 61.0 Å². The van der Waals surface area contributed by atoms with E-state index in [4.69, 9.17) is 4.43 Å². The minimum atomic E-state index is -2.93. The Bertz CT molecular complexity index is 1840. The number of carbonyl (C=O) groups excluding carboxylic acids is 5. The second kappa shape index (κ2) is 19.0. The molecule has 0 aliphatic carbocycles. The molecular weight excluding hydrogens is 733 g/mol. The number of ketones is 1. The number of hydrogen-bond donors (Lipinski definition) is 3. The maximum absolute atomic E-state index is 14.1. The number of allylic oxidation sites excluding steroid dienone is 2. The molecule has 57 heavy (non-hydrogen) atoms. The second-order valence-electron chi connectivity index (χ2n) is 16.4. The van der Waals surface area contributed by atoms with Crippen molar-refractivity contribution in [2.75, 3.05) is 6.54 Å².